The molecule has 0 fully saturated rings. The first-order valence-corrected chi connectivity index (χ1v) is 4.11. The quantitative estimate of drug-likeness (QED) is 0.518. The Morgan fingerprint density at radius 3 is 3.00 bits per heavy atom. The average molecular weight is 200 g/mol. The Morgan fingerprint density at radius 1 is 1.71 bits per heavy atom. The Kier molecular flexibility index (Phi) is 3.55. The van der Waals surface area contributed by atoms with Gasteiger partial charge in [0.05, 0.1) is 18.8 Å². The number of hydrogen-bond acceptors (Lipinski definition) is 5. The van der Waals surface area contributed by atoms with E-state index in [1.54, 1.807) is 6.20 Å². The summed E-state index contributed by atoms with van der Waals surface area (Å²) in [6.07, 6.45) is 1.71. The van der Waals surface area contributed by atoms with Crippen LogP contribution in [0.3, 0.4) is 0 Å². The molecule has 14 heavy (non-hydrogen) atoms. The molecule has 0 amide bonds. The molecular formula is C7H12N4O3. The number of rotatable bonds is 5. The van der Waals surface area contributed by atoms with Gasteiger partial charge in [-0.3, -0.25) is 4.79 Å². The number of aliphatic carboxylic acids is 1. The molecule has 0 aliphatic heterocycles. The molecule has 0 saturated carbocycles. The third-order valence-corrected chi connectivity index (χ3v) is 1.66. The van der Waals surface area contributed by atoms with Crippen molar-refractivity contribution in [2.24, 2.45) is 5.73 Å². The van der Waals surface area contributed by atoms with Gasteiger partial charge in [-0.1, -0.05) is 5.21 Å². The van der Waals surface area contributed by atoms with E-state index >= 15 is 0 Å². The summed E-state index contributed by atoms with van der Waals surface area (Å²) in [5.41, 5.74) is 5.81. The third kappa shape index (κ3) is 2.79. The minimum atomic E-state index is -1.07. The summed E-state index contributed by atoms with van der Waals surface area (Å²) in [4.78, 5) is 10.4. The van der Waals surface area contributed by atoms with Crippen molar-refractivity contribution in [3.05, 3.63) is 11.9 Å². The summed E-state index contributed by atoms with van der Waals surface area (Å²) in [5.74, 6) is -1.07. The fourth-order valence-electron chi connectivity index (χ4n) is 0.956. The average Bonchev–Trinajstić information content (AvgIpc) is 2.53. The van der Waals surface area contributed by atoms with Crippen molar-refractivity contribution in [3.63, 3.8) is 0 Å². The number of nitrogens with zero attached hydrogens (tertiary/aromatic N) is 3. The molecule has 0 aliphatic rings. The number of nitrogens with two attached hydrogens (primary N) is 1. The lowest BCUT2D eigenvalue weighted by atomic mass is 10.2. The van der Waals surface area contributed by atoms with E-state index < -0.39 is 12.0 Å². The van der Waals surface area contributed by atoms with Crippen LogP contribution in [0.1, 0.15) is 5.69 Å². The lowest BCUT2D eigenvalue weighted by Gasteiger charge is -2.01. The lowest BCUT2D eigenvalue weighted by Crippen LogP contribution is -2.32. The summed E-state index contributed by atoms with van der Waals surface area (Å²) in [6.45, 7) is 0.309. The van der Waals surface area contributed by atoms with Gasteiger partial charge in [0.15, 0.2) is 0 Å². The molecule has 1 atom stereocenters. The lowest BCUT2D eigenvalue weighted by molar-refractivity contribution is -0.138. The third-order valence-electron chi connectivity index (χ3n) is 1.66. The second-order valence-electron chi connectivity index (χ2n) is 2.85. The van der Waals surface area contributed by atoms with Crippen molar-refractivity contribution in [1.82, 2.24) is 15.0 Å². The summed E-state index contributed by atoms with van der Waals surface area (Å²) < 4.78 is 1.43. The maximum Gasteiger partial charge on any atom is 0.320 e. The van der Waals surface area contributed by atoms with Gasteiger partial charge in [-0.05, 0) is 0 Å². The topological polar surface area (TPSA) is 114 Å². The number of aliphatic hydroxyl groups is 1. The molecule has 1 rings (SSSR count). The van der Waals surface area contributed by atoms with Gasteiger partial charge in [0, 0.05) is 12.6 Å². The van der Waals surface area contributed by atoms with Crippen LogP contribution in [0.25, 0.3) is 0 Å². The number of aliphatic hydroxyl groups excluding tert-OH is 1. The number of carboxylic acids is 1. The zero-order chi connectivity index (χ0) is 10.6. The molecule has 1 aromatic rings. The van der Waals surface area contributed by atoms with Gasteiger partial charge in [-0.15, -0.1) is 5.10 Å². The van der Waals surface area contributed by atoms with Gasteiger partial charge >= 0.3 is 5.97 Å². The SMILES string of the molecule is NC(Cc1cn(CCO)nn1)C(=O)O. The normalized spacial score (nSPS) is 12.7. The van der Waals surface area contributed by atoms with Gasteiger partial charge < -0.3 is 15.9 Å². The Labute approximate surface area is 80.1 Å². The van der Waals surface area contributed by atoms with Crippen molar-refractivity contribution in [1.29, 1.82) is 0 Å². The van der Waals surface area contributed by atoms with E-state index in [2.05, 4.69) is 10.3 Å². The first-order valence-electron chi connectivity index (χ1n) is 4.11. The highest BCUT2D eigenvalue weighted by Crippen LogP contribution is 1.97. The summed E-state index contributed by atoms with van der Waals surface area (Å²) in [7, 11) is 0. The Bertz CT molecular complexity index is 312. The molecule has 0 aliphatic carbocycles. The summed E-state index contributed by atoms with van der Waals surface area (Å²) in [5, 5.41) is 24.5. The van der Waals surface area contributed by atoms with Crippen molar-refractivity contribution < 1.29 is 15.0 Å². The van der Waals surface area contributed by atoms with E-state index in [-0.39, 0.29) is 13.0 Å². The Hall–Kier alpha value is -1.47. The second kappa shape index (κ2) is 4.68. The zero-order valence-electron chi connectivity index (χ0n) is 7.50. The molecule has 0 aromatic carbocycles. The van der Waals surface area contributed by atoms with Crippen LogP contribution in [0, 0.1) is 0 Å². The predicted octanol–water partition coefficient (Wildman–Crippen LogP) is -1.78. The van der Waals surface area contributed by atoms with E-state index in [0.29, 0.717) is 12.2 Å². The fraction of sp³-hybridized carbons (Fsp3) is 0.571. The van der Waals surface area contributed by atoms with E-state index in [4.69, 9.17) is 15.9 Å². The highest BCUT2D eigenvalue weighted by molar-refractivity contribution is 5.73. The van der Waals surface area contributed by atoms with Crippen LogP contribution in [0.5, 0.6) is 0 Å². The summed E-state index contributed by atoms with van der Waals surface area (Å²) >= 11 is 0. The fourth-order valence-corrected chi connectivity index (χ4v) is 0.956. The molecule has 1 heterocycles. The van der Waals surface area contributed by atoms with E-state index in [1.165, 1.54) is 4.68 Å². The maximum absolute atomic E-state index is 10.4. The summed E-state index contributed by atoms with van der Waals surface area (Å²) in [6, 6.07) is -0.964. The molecular weight excluding hydrogens is 188 g/mol. The van der Waals surface area contributed by atoms with Crippen LogP contribution >= 0.6 is 0 Å². The van der Waals surface area contributed by atoms with Gasteiger partial charge in [0.2, 0.25) is 0 Å². The van der Waals surface area contributed by atoms with Crippen LogP contribution in [-0.4, -0.2) is 43.8 Å². The van der Waals surface area contributed by atoms with Crippen LogP contribution in [0.15, 0.2) is 6.20 Å². The van der Waals surface area contributed by atoms with Crippen LogP contribution < -0.4 is 5.73 Å². The molecule has 78 valence electrons. The van der Waals surface area contributed by atoms with Gasteiger partial charge in [-0.2, -0.15) is 0 Å². The standard InChI is InChI=1S/C7H12N4O3/c8-6(7(13)14)3-5-4-11(1-2-12)10-9-5/h4,6,12H,1-3,8H2,(H,13,14). The Morgan fingerprint density at radius 2 is 2.43 bits per heavy atom. The van der Waals surface area contributed by atoms with Crippen molar-refractivity contribution in [3.8, 4) is 0 Å². The number of carbonyl (C=O) groups is 1. The molecule has 7 heteroatoms. The highest BCUT2D eigenvalue weighted by Gasteiger charge is 2.14. The molecule has 1 unspecified atom stereocenters. The molecule has 7 nitrogen and oxygen atoms in total. The molecule has 0 radical (unpaired) electrons. The van der Waals surface area contributed by atoms with Crippen molar-refractivity contribution in [2.75, 3.05) is 6.61 Å². The van der Waals surface area contributed by atoms with Gasteiger partial charge in [0.25, 0.3) is 0 Å². The van der Waals surface area contributed by atoms with Crippen molar-refractivity contribution >= 4 is 5.97 Å². The zero-order valence-corrected chi connectivity index (χ0v) is 7.50. The molecule has 4 N–H and O–H groups in total. The van der Waals surface area contributed by atoms with E-state index in [9.17, 15) is 4.79 Å². The van der Waals surface area contributed by atoms with Crippen LogP contribution in [-0.2, 0) is 17.8 Å². The minimum absolute atomic E-state index is 0.0339. The molecule has 0 spiro atoms. The first kappa shape index (κ1) is 10.6. The number of aromatic nitrogens is 3. The van der Waals surface area contributed by atoms with Crippen LogP contribution in [0.4, 0.5) is 0 Å². The first-order chi connectivity index (χ1) is 6.63. The minimum Gasteiger partial charge on any atom is -0.480 e. The van der Waals surface area contributed by atoms with E-state index in [0.717, 1.165) is 0 Å². The maximum atomic E-state index is 10.4. The number of carboxylic acid groups (broad SMARTS) is 1. The molecule has 0 bridgehead atoms. The number of hydrogen-bond donors (Lipinski definition) is 3. The van der Waals surface area contributed by atoms with Gasteiger partial charge in [-0.25, -0.2) is 4.68 Å². The van der Waals surface area contributed by atoms with E-state index in [1.807, 2.05) is 0 Å². The Balaban J connectivity index is 2.55. The highest BCUT2D eigenvalue weighted by atomic mass is 16.4. The van der Waals surface area contributed by atoms with Crippen LogP contribution in [0.2, 0.25) is 0 Å². The molecule has 0 saturated heterocycles. The van der Waals surface area contributed by atoms with Gasteiger partial charge in [0.1, 0.15) is 6.04 Å². The monoisotopic (exact) mass is 200 g/mol. The smallest absolute Gasteiger partial charge is 0.320 e. The largest absolute Gasteiger partial charge is 0.480 e. The second-order valence-corrected chi connectivity index (χ2v) is 2.85. The predicted molar refractivity (Wildman–Crippen MR) is 46.4 cm³/mol. The van der Waals surface area contributed by atoms with Crippen molar-refractivity contribution in [2.45, 2.75) is 19.0 Å². The molecule has 1 aromatic heterocycles.